The van der Waals surface area contributed by atoms with Crippen LogP contribution >= 0.6 is 0 Å². The van der Waals surface area contributed by atoms with Crippen LogP contribution in [0.5, 0.6) is 0 Å². The Labute approximate surface area is 117 Å². The van der Waals surface area contributed by atoms with E-state index in [-0.39, 0.29) is 11.7 Å². The summed E-state index contributed by atoms with van der Waals surface area (Å²) in [6.07, 6.45) is 3.35. The molecule has 0 aromatic carbocycles. The predicted molar refractivity (Wildman–Crippen MR) is 78.2 cm³/mol. The fourth-order valence-corrected chi connectivity index (χ4v) is 1.59. The van der Waals surface area contributed by atoms with Gasteiger partial charge in [-0.1, -0.05) is 6.92 Å². The smallest absolute Gasteiger partial charge is 0.220 e. The highest BCUT2D eigenvalue weighted by atomic mass is 16.1. The van der Waals surface area contributed by atoms with Gasteiger partial charge in [0.25, 0.3) is 0 Å². The van der Waals surface area contributed by atoms with Gasteiger partial charge in [0.05, 0.1) is 0 Å². The van der Waals surface area contributed by atoms with Crippen molar-refractivity contribution in [2.45, 2.75) is 39.0 Å². The molecule has 0 spiro atoms. The molecule has 112 valence electrons. The van der Waals surface area contributed by atoms with E-state index in [9.17, 15) is 9.59 Å². The van der Waals surface area contributed by atoms with Crippen LogP contribution in [-0.4, -0.2) is 56.9 Å². The fraction of sp³-hybridized carbons (Fsp3) is 0.857. The van der Waals surface area contributed by atoms with Crippen LogP contribution in [0.4, 0.5) is 0 Å². The Hall–Kier alpha value is -0.940. The monoisotopic (exact) mass is 271 g/mol. The van der Waals surface area contributed by atoms with Crippen molar-refractivity contribution in [1.82, 2.24) is 15.5 Å². The third-order valence-electron chi connectivity index (χ3n) is 2.86. The van der Waals surface area contributed by atoms with Gasteiger partial charge in [-0.15, -0.1) is 0 Å². The van der Waals surface area contributed by atoms with Crippen molar-refractivity contribution in [3.05, 3.63) is 0 Å². The Morgan fingerprint density at radius 3 is 2.32 bits per heavy atom. The molecule has 1 amide bonds. The Balaban J connectivity index is 3.28. The number of rotatable bonds is 12. The number of hydrogen-bond acceptors (Lipinski definition) is 4. The maximum atomic E-state index is 11.5. The van der Waals surface area contributed by atoms with Crippen molar-refractivity contribution in [1.29, 1.82) is 0 Å². The zero-order valence-corrected chi connectivity index (χ0v) is 12.6. The van der Waals surface area contributed by atoms with E-state index >= 15 is 0 Å². The highest BCUT2D eigenvalue weighted by Crippen LogP contribution is 2.01. The second kappa shape index (κ2) is 12.1. The maximum Gasteiger partial charge on any atom is 0.220 e. The van der Waals surface area contributed by atoms with Crippen LogP contribution in [-0.2, 0) is 9.59 Å². The number of nitrogens with zero attached hydrogens (tertiary/aromatic N) is 1. The third kappa shape index (κ3) is 13.3. The first-order valence-electron chi connectivity index (χ1n) is 7.20. The molecule has 0 saturated heterocycles. The molecular formula is C14H29N3O2. The molecule has 5 heteroatoms. The number of amides is 1. The Bertz CT molecular complexity index is 255. The largest absolute Gasteiger partial charge is 0.355 e. The molecule has 0 aliphatic rings. The minimum Gasteiger partial charge on any atom is -0.355 e. The van der Waals surface area contributed by atoms with Crippen LogP contribution in [0.15, 0.2) is 0 Å². The Morgan fingerprint density at radius 1 is 1.00 bits per heavy atom. The molecule has 5 nitrogen and oxygen atoms in total. The van der Waals surface area contributed by atoms with Gasteiger partial charge in [0.1, 0.15) is 5.78 Å². The van der Waals surface area contributed by atoms with Gasteiger partial charge in [0.15, 0.2) is 0 Å². The van der Waals surface area contributed by atoms with E-state index in [0.29, 0.717) is 25.8 Å². The van der Waals surface area contributed by atoms with Gasteiger partial charge in [-0.2, -0.15) is 0 Å². The lowest BCUT2D eigenvalue weighted by atomic mass is 10.1. The van der Waals surface area contributed by atoms with Crippen LogP contribution in [0.25, 0.3) is 0 Å². The number of Topliss-reactive ketones (excluding diaryl/α,β-unsaturated/α-hetero) is 1. The molecule has 0 aromatic rings. The molecule has 0 fully saturated rings. The van der Waals surface area contributed by atoms with Gasteiger partial charge in [-0.05, 0) is 26.9 Å². The Morgan fingerprint density at radius 2 is 1.68 bits per heavy atom. The second-order valence-corrected chi connectivity index (χ2v) is 5.00. The van der Waals surface area contributed by atoms with Crippen molar-refractivity contribution < 1.29 is 9.59 Å². The average Bonchev–Trinajstić information content (AvgIpc) is 2.38. The zero-order chi connectivity index (χ0) is 14.5. The molecule has 0 atom stereocenters. The quantitative estimate of drug-likeness (QED) is 0.515. The molecule has 2 N–H and O–H groups in total. The van der Waals surface area contributed by atoms with Gasteiger partial charge in [0.2, 0.25) is 5.91 Å². The number of ketones is 1. The predicted octanol–water partition coefficient (Wildman–Crippen LogP) is 0.793. The molecule has 0 aromatic heterocycles. The molecule has 0 aliphatic heterocycles. The maximum absolute atomic E-state index is 11.5. The molecule has 0 heterocycles. The number of carbonyl (C=O) groups is 2. The van der Waals surface area contributed by atoms with Gasteiger partial charge < -0.3 is 15.5 Å². The van der Waals surface area contributed by atoms with Crippen LogP contribution in [0.2, 0.25) is 0 Å². The third-order valence-corrected chi connectivity index (χ3v) is 2.86. The normalized spacial score (nSPS) is 10.7. The molecular weight excluding hydrogens is 242 g/mol. The summed E-state index contributed by atoms with van der Waals surface area (Å²) in [5.41, 5.74) is 0. The summed E-state index contributed by atoms with van der Waals surface area (Å²) in [4.78, 5) is 24.6. The molecule has 0 radical (unpaired) electrons. The summed E-state index contributed by atoms with van der Waals surface area (Å²) in [5.74, 6) is 0.365. The topological polar surface area (TPSA) is 61.4 Å². The lowest BCUT2D eigenvalue weighted by molar-refractivity contribution is -0.122. The van der Waals surface area contributed by atoms with E-state index in [4.69, 9.17) is 0 Å². The summed E-state index contributed by atoms with van der Waals surface area (Å²) in [7, 11) is 4.07. The summed E-state index contributed by atoms with van der Waals surface area (Å²) in [5, 5.41) is 6.13. The second-order valence-electron chi connectivity index (χ2n) is 5.00. The van der Waals surface area contributed by atoms with E-state index in [1.807, 2.05) is 21.0 Å². The number of likely N-dealkylation sites (N-methyl/N-ethyl adjacent to an activating group) is 1. The molecule has 19 heavy (non-hydrogen) atoms. The standard InChI is InChI=1S/C14H29N3O2/c1-4-13(18)7-5-6-8-14(19)16-10-9-15-11-12-17(2)3/h15H,4-12H2,1-3H3,(H,16,19). The number of hydrogen-bond donors (Lipinski definition) is 2. The van der Waals surface area contributed by atoms with Gasteiger partial charge in [0, 0.05) is 45.4 Å². The Kier molecular flexibility index (Phi) is 11.5. The molecule has 0 aliphatic carbocycles. The molecule has 0 saturated carbocycles. The van der Waals surface area contributed by atoms with Crippen molar-refractivity contribution in [2.75, 3.05) is 40.3 Å². The van der Waals surface area contributed by atoms with E-state index < -0.39 is 0 Å². The number of nitrogens with one attached hydrogen (secondary N) is 2. The highest BCUT2D eigenvalue weighted by molar-refractivity contribution is 5.78. The van der Waals surface area contributed by atoms with Crippen LogP contribution in [0.3, 0.4) is 0 Å². The summed E-state index contributed by atoms with van der Waals surface area (Å²) < 4.78 is 0. The molecule has 0 unspecified atom stereocenters. The van der Waals surface area contributed by atoms with E-state index in [2.05, 4.69) is 15.5 Å². The number of unbranched alkanes of at least 4 members (excludes halogenated alkanes) is 1. The van der Waals surface area contributed by atoms with E-state index in [1.165, 1.54) is 0 Å². The van der Waals surface area contributed by atoms with Crippen LogP contribution < -0.4 is 10.6 Å². The first-order valence-corrected chi connectivity index (χ1v) is 7.20. The van der Waals surface area contributed by atoms with Gasteiger partial charge >= 0.3 is 0 Å². The van der Waals surface area contributed by atoms with E-state index in [0.717, 1.165) is 32.5 Å². The van der Waals surface area contributed by atoms with Crippen molar-refractivity contribution in [3.63, 3.8) is 0 Å². The van der Waals surface area contributed by atoms with Crippen LogP contribution in [0.1, 0.15) is 39.0 Å². The van der Waals surface area contributed by atoms with Gasteiger partial charge in [-0.3, -0.25) is 9.59 Å². The van der Waals surface area contributed by atoms with E-state index in [1.54, 1.807) is 0 Å². The summed E-state index contributed by atoms with van der Waals surface area (Å²) >= 11 is 0. The molecule has 0 rings (SSSR count). The summed E-state index contributed by atoms with van der Waals surface area (Å²) in [6.45, 7) is 5.27. The lowest BCUT2D eigenvalue weighted by Gasteiger charge is -2.10. The minimum atomic E-state index is 0.0818. The fourth-order valence-electron chi connectivity index (χ4n) is 1.59. The van der Waals surface area contributed by atoms with Crippen molar-refractivity contribution >= 4 is 11.7 Å². The number of carbonyl (C=O) groups excluding carboxylic acids is 2. The zero-order valence-electron chi connectivity index (χ0n) is 12.6. The SMILES string of the molecule is CCC(=O)CCCCC(=O)NCCNCCN(C)C. The highest BCUT2D eigenvalue weighted by Gasteiger charge is 2.02. The molecule has 0 bridgehead atoms. The summed E-state index contributed by atoms with van der Waals surface area (Å²) in [6, 6.07) is 0. The lowest BCUT2D eigenvalue weighted by Crippen LogP contribution is -2.34. The van der Waals surface area contributed by atoms with Gasteiger partial charge in [-0.25, -0.2) is 0 Å². The average molecular weight is 271 g/mol. The first-order chi connectivity index (χ1) is 9.06. The van der Waals surface area contributed by atoms with Crippen LogP contribution in [0, 0.1) is 0 Å². The first kappa shape index (κ1) is 18.1. The van der Waals surface area contributed by atoms with Crippen molar-refractivity contribution in [3.8, 4) is 0 Å². The minimum absolute atomic E-state index is 0.0818. The van der Waals surface area contributed by atoms with Crippen molar-refractivity contribution in [2.24, 2.45) is 0 Å².